The first kappa shape index (κ1) is 15.3. The van der Waals surface area contributed by atoms with Crippen molar-refractivity contribution in [2.75, 3.05) is 19.6 Å². The van der Waals surface area contributed by atoms with E-state index < -0.39 is 6.10 Å². The number of nitrogens with zero attached hydrogens (tertiary/aromatic N) is 3. The van der Waals surface area contributed by atoms with Crippen LogP contribution in [0.4, 0.5) is 0 Å². The van der Waals surface area contributed by atoms with E-state index in [1.54, 1.807) is 10.9 Å². The van der Waals surface area contributed by atoms with Crippen molar-refractivity contribution >= 4 is 17.2 Å². The Morgan fingerprint density at radius 1 is 1.27 bits per heavy atom. The molecule has 0 aliphatic carbocycles. The van der Waals surface area contributed by atoms with E-state index in [1.807, 2.05) is 30.5 Å². The van der Waals surface area contributed by atoms with Crippen LogP contribution in [0.5, 0.6) is 0 Å². The van der Waals surface area contributed by atoms with Crippen LogP contribution in [0, 0.1) is 0 Å². The van der Waals surface area contributed by atoms with E-state index in [4.69, 9.17) is 11.6 Å². The zero-order valence-electron chi connectivity index (χ0n) is 12.4. The Labute approximate surface area is 135 Å². The summed E-state index contributed by atoms with van der Waals surface area (Å²) in [7, 11) is 0. The highest BCUT2D eigenvalue weighted by Gasteiger charge is 2.16. The van der Waals surface area contributed by atoms with Crippen LogP contribution in [-0.4, -0.2) is 45.5 Å². The number of aliphatic hydroxyl groups excluding tert-OH is 1. The Morgan fingerprint density at radius 2 is 2.18 bits per heavy atom. The van der Waals surface area contributed by atoms with Crippen molar-refractivity contribution in [3.8, 4) is 0 Å². The fraction of sp³-hybridized carbons (Fsp3) is 0.353. The summed E-state index contributed by atoms with van der Waals surface area (Å²) in [6.45, 7) is 3.01. The molecule has 22 heavy (non-hydrogen) atoms. The maximum absolute atomic E-state index is 10.2. The number of hydrogen-bond acceptors (Lipinski definition) is 3. The van der Waals surface area contributed by atoms with Gasteiger partial charge in [0.2, 0.25) is 0 Å². The second-order valence-electron chi connectivity index (χ2n) is 5.63. The molecule has 0 bridgehead atoms. The molecule has 0 radical (unpaired) electrons. The lowest BCUT2D eigenvalue weighted by molar-refractivity contribution is 0.0997. The molecule has 1 aromatic carbocycles. The molecule has 0 amide bonds. The summed E-state index contributed by atoms with van der Waals surface area (Å²) in [4.78, 5) is 2.27. The van der Waals surface area contributed by atoms with E-state index in [1.165, 1.54) is 11.1 Å². The van der Waals surface area contributed by atoms with Crippen molar-refractivity contribution in [2.45, 2.75) is 19.1 Å². The summed E-state index contributed by atoms with van der Waals surface area (Å²) in [5.74, 6) is 0. The summed E-state index contributed by atoms with van der Waals surface area (Å²) >= 11 is 6.05. The zero-order chi connectivity index (χ0) is 15.4. The average Bonchev–Trinajstić information content (AvgIpc) is 3.01. The Bertz CT molecular complexity index is 639. The first-order chi connectivity index (χ1) is 10.7. The van der Waals surface area contributed by atoms with Crippen molar-refractivity contribution in [3.05, 3.63) is 59.4 Å². The van der Waals surface area contributed by atoms with Gasteiger partial charge in [-0.05, 0) is 35.8 Å². The molecule has 0 spiro atoms. The summed E-state index contributed by atoms with van der Waals surface area (Å²) in [5, 5.41) is 15.0. The molecule has 3 rings (SSSR count). The molecular weight excluding hydrogens is 298 g/mol. The van der Waals surface area contributed by atoms with Gasteiger partial charge in [0.05, 0.1) is 12.6 Å². The van der Waals surface area contributed by atoms with Crippen molar-refractivity contribution < 1.29 is 5.11 Å². The van der Waals surface area contributed by atoms with Gasteiger partial charge in [-0.1, -0.05) is 29.8 Å². The second kappa shape index (κ2) is 7.09. The Morgan fingerprint density at radius 3 is 2.86 bits per heavy atom. The van der Waals surface area contributed by atoms with Gasteiger partial charge in [0.1, 0.15) is 0 Å². The van der Waals surface area contributed by atoms with Gasteiger partial charge in [-0.3, -0.25) is 9.58 Å². The summed E-state index contributed by atoms with van der Waals surface area (Å²) in [6.07, 6.45) is 6.41. The molecule has 0 saturated carbocycles. The second-order valence-corrected chi connectivity index (χ2v) is 6.07. The number of aromatic nitrogens is 2. The predicted octanol–water partition coefficient (Wildman–Crippen LogP) is 2.69. The predicted molar refractivity (Wildman–Crippen MR) is 88.7 cm³/mol. The molecule has 5 heteroatoms. The van der Waals surface area contributed by atoms with Gasteiger partial charge in [-0.2, -0.15) is 5.10 Å². The van der Waals surface area contributed by atoms with Gasteiger partial charge in [-0.25, -0.2) is 0 Å². The Balaban J connectivity index is 1.54. The van der Waals surface area contributed by atoms with E-state index in [9.17, 15) is 5.11 Å². The van der Waals surface area contributed by atoms with Gasteiger partial charge in [0.25, 0.3) is 0 Å². The Kier molecular flexibility index (Phi) is 4.93. The molecule has 4 nitrogen and oxygen atoms in total. The normalized spacial score (nSPS) is 17.3. The smallest absolute Gasteiger partial charge is 0.0862 e. The molecule has 0 unspecified atom stereocenters. The third-order valence-corrected chi connectivity index (χ3v) is 4.15. The van der Waals surface area contributed by atoms with Crippen LogP contribution in [0.15, 0.2) is 48.8 Å². The highest BCUT2D eigenvalue weighted by Crippen LogP contribution is 2.24. The van der Waals surface area contributed by atoms with Crippen LogP contribution in [0.25, 0.3) is 5.57 Å². The standard InChI is InChI=1S/C17H20ClN3O/c18-16-4-1-3-15(11-16)14-5-9-20(10-6-14)12-17(22)13-21-8-2-7-19-21/h1-5,7-8,11,17,22H,6,9-10,12-13H2/t17-/m1/s1. The molecule has 2 aromatic rings. The largest absolute Gasteiger partial charge is 0.390 e. The third-order valence-electron chi connectivity index (χ3n) is 3.91. The summed E-state index contributed by atoms with van der Waals surface area (Å²) in [6, 6.07) is 9.86. The fourth-order valence-corrected chi connectivity index (χ4v) is 3.00. The van der Waals surface area contributed by atoms with Gasteiger partial charge < -0.3 is 5.11 Å². The van der Waals surface area contributed by atoms with Crippen molar-refractivity contribution in [1.82, 2.24) is 14.7 Å². The van der Waals surface area contributed by atoms with Gasteiger partial charge in [0.15, 0.2) is 0 Å². The first-order valence-electron chi connectivity index (χ1n) is 7.53. The third kappa shape index (κ3) is 3.97. The molecule has 0 fully saturated rings. The van der Waals surface area contributed by atoms with Gasteiger partial charge >= 0.3 is 0 Å². The molecular formula is C17H20ClN3O. The van der Waals surface area contributed by atoms with Crippen LogP contribution in [0.3, 0.4) is 0 Å². The van der Waals surface area contributed by atoms with Crippen LogP contribution < -0.4 is 0 Å². The number of aliphatic hydroxyl groups is 1. The topological polar surface area (TPSA) is 41.3 Å². The lowest BCUT2D eigenvalue weighted by atomic mass is 9.99. The zero-order valence-corrected chi connectivity index (χ0v) is 13.2. The SMILES string of the molecule is O[C@H](CN1CC=C(c2cccc(Cl)c2)CC1)Cn1cccn1. The number of rotatable bonds is 5. The molecule has 0 saturated heterocycles. The highest BCUT2D eigenvalue weighted by atomic mass is 35.5. The van der Waals surface area contributed by atoms with Crippen molar-refractivity contribution in [2.24, 2.45) is 0 Å². The van der Waals surface area contributed by atoms with Crippen LogP contribution in [0.1, 0.15) is 12.0 Å². The number of benzene rings is 1. The summed E-state index contributed by atoms with van der Waals surface area (Å²) < 4.78 is 1.77. The summed E-state index contributed by atoms with van der Waals surface area (Å²) in [5.41, 5.74) is 2.53. The molecule has 1 N–H and O–H groups in total. The first-order valence-corrected chi connectivity index (χ1v) is 7.91. The van der Waals surface area contributed by atoms with Gasteiger partial charge in [-0.15, -0.1) is 0 Å². The minimum atomic E-state index is -0.402. The molecule has 1 aromatic heterocycles. The molecule has 116 valence electrons. The van der Waals surface area contributed by atoms with Crippen molar-refractivity contribution in [1.29, 1.82) is 0 Å². The van der Waals surface area contributed by atoms with Crippen molar-refractivity contribution in [3.63, 3.8) is 0 Å². The maximum Gasteiger partial charge on any atom is 0.0862 e. The minimum absolute atomic E-state index is 0.402. The molecule has 2 heterocycles. The molecule has 1 aliphatic heterocycles. The van der Waals surface area contributed by atoms with Crippen LogP contribution >= 0.6 is 11.6 Å². The maximum atomic E-state index is 10.2. The molecule has 1 atom stereocenters. The number of β-amino-alcohol motifs (C(OH)–C–C–N with tert-alkyl or cyclic N) is 1. The monoisotopic (exact) mass is 317 g/mol. The Hall–Kier alpha value is -1.62. The lowest BCUT2D eigenvalue weighted by Gasteiger charge is -2.28. The quantitative estimate of drug-likeness (QED) is 0.922. The lowest BCUT2D eigenvalue weighted by Crippen LogP contribution is -2.37. The van der Waals surface area contributed by atoms with E-state index in [0.29, 0.717) is 13.1 Å². The number of hydrogen-bond donors (Lipinski definition) is 1. The fourth-order valence-electron chi connectivity index (χ4n) is 2.81. The van der Waals surface area contributed by atoms with Crippen LogP contribution in [0.2, 0.25) is 5.02 Å². The van der Waals surface area contributed by atoms with E-state index >= 15 is 0 Å². The molecule has 1 aliphatic rings. The van der Waals surface area contributed by atoms with E-state index in [2.05, 4.69) is 22.1 Å². The van der Waals surface area contributed by atoms with E-state index in [0.717, 1.165) is 24.5 Å². The number of halogens is 1. The highest BCUT2D eigenvalue weighted by molar-refractivity contribution is 6.30. The van der Waals surface area contributed by atoms with Gasteiger partial charge in [0, 0.05) is 37.1 Å². The minimum Gasteiger partial charge on any atom is -0.390 e. The van der Waals surface area contributed by atoms with E-state index in [-0.39, 0.29) is 0 Å². The van der Waals surface area contributed by atoms with Crippen LogP contribution in [-0.2, 0) is 6.54 Å². The average molecular weight is 318 g/mol.